The number of rotatable bonds is 4. The molecule has 1 aromatic rings. The minimum Gasteiger partial charge on any atom is -0.0723 e. The van der Waals surface area contributed by atoms with Gasteiger partial charge in [-0.05, 0) is 29.2 Å². The Kier molecular flexibility index (Phi) is 3.57. The van der Waals surface area contributed by atoms with Gasteiger partial charge >= 0.3 is 0 Å². The van der Waals surface area contributed by atoms with Crippen LogP contribution >= 0.6 is 0 Å². The molecule has 92 valence electrons. The molecule has 1 aliphatic rings. The summed E-state index contributed by atoms with van der Waals surface area (Å²) >= 11 is 0. The second kappa shape index (κ2) is 4.81. The van der Waals surface area contributed by atoms with Crippen molar-refractivity contribution in [2.75, 3.05) is 0 Å². The van der Waals surface area contributed by atoms with Gasteiger partial charge in [-0.3, -0.25) is 0 Å². The lowest BCUT2D eigenvalue weighted by atomic mass is 10.00. The summed E-state index contributed by atoms with van der Waals surface area (Å²) in [6, 6.07) is 9.14. The highest BCUT2D eigenvalue weighted by Gasteiger charge is 2.37. The maximum atomic E-state index is 2.53. The molecule has 2 rings (SSSR count). The van der Waals surface area contributed by atoms with Gasteiger partial charge in [0.2, 0.25) is 0 Å². The van der Waals surface area contributed by atoms with Gasteiger partial charge in [0.25, 0.3) is 0 Å². The highest BCUT2D eigenvalue weighted by molar-refractivity contribution is 6.98. The van der Waals surface area contributed by atoms with Gasteiger partial charge in [0.15, 0.2) is 0 Å². The smallest absolute Gasteiger partial charge is 0.0723 e. The van der Waals surface area contributed by atoms with Crippen LogP contribution in [0.3, 0.4) is 0 Å². The van der Waals surface area contributed by atoms with E-state index in [0.29, 0.717) is 0 Å². The van der Waals surface area contributed by atoms with Gasteiger partial charge < -0.3 is 0 Å². The van der Waals surface area contributed by atoms with E-state index in [0.717, 1.165) is 0 Å². The lowest BCUT2D eigenvalue weighted by Crippen LogP contribution is -2.41. The van der Waals surface area contributed by atoms with E-state index in [9.17, 15) is 0 Å². The van der Waals surface area contributed by atoms with Crippen LogP contribution in [0.1, 0.15) is 45.1 Å². The third kappa shape index (κ3) is 2.01. The van der Waals surface area contributed by atoms with Gasteiger partial charge in [0.05, 0.1) is 0 Å². The second-order valence-corrected chi connectivity index (χ2v) is 10.0. The summed E-state index contributed by atoms with van der Waals surface area (Å²) in [7, 11) is -1.33. The molecule has 0 bridgehead atoms. The lowest BCUT2D eigenvalue weighted by molar-refractivity contribution is 0.919. The van der Waals surface area contributed by atoms with Gasteiger partial charge in [-0.15, -0.1) is 0 Å². The molecular weight excluding hydrogens is 220 g/mol. The normalized spacial score (nSPS) is 17.4. The fourth-order valence-electron chi connectivity index (χ4n) is 3.24. The molecule has 0 unspecified atom stereocenters. The van der Waals surface area contributed by atoms with Crippen molar-refractivity contribution in [2.24, 2.45) is 0 Å². The van der Waals surface area contributed by atoms with E-state index in [-0.39, 0.29) is 0 Å². The predicted octanol–water partition coefficient (Wildman–Crippen LogP) is 4.51. The summed E-state index contributed by atoms with van der Waals surface area (Å²) in [4.78, 5) is 0. The number of fused-ring (bicyclic) bond motifs is 1. The topological polar surface area (TPSA) is 0 Å². The Morgan fingerprint density at radius 3 is 2.24 bits per heavy atom. The molecule has 0 saturated carbocycles. The molecule has 1 aliphatic heterocycles. The molecule has 0 spiro atoms. The van der Waals surface area contributed by atoms with E-state index in [4.69, 9.17) is 0 Å². The third-order valence-electron chi connectivity index (χ3n) is 4.04. The summed E-state index contributed by atoms with van der Waals surface area (Å²) in [6.45, 7) is 9.66. The van der Waals surface area contributed by atoms with Crippen LogP contribution in [0.5, 0.6) is 0 Å². The quantitative estimate of drug-likeness (QED) is 0.684. The molecule has 0 fully saturated rings. The maximum Gasteiger partial charge on any atom is 0.108 e. The Balaban J connectivity index is 2.56. The van der Waals surface area contributed by atoms with Gasteiger partial charge in [-0.25, -0.2) is 0 Å². The van der Waals surface area contributed by atoms with E-state index in [1.54, 1.807) is 16.3 Å². The van der Waals surface area contributed by atoms with Crippen molar-refractivity contribution < 1.29 is 0 Å². The van der Waals surface area contributed by atoms with Crippen LogP contribution in [-0.4, -0.2) is 8.07 Å². The fraction of sp³-hybridized carbons (Fsp3) is 0.500. The monoisotopic (exact) mass is 244 g/mol. The number of hydrogen-bond donors (Lipinski definition) is 0. The minimum atomic E-state index is -1.33. The molecule has 0 N–H and O–H groups in total. The van der Waals surface area contributed by atoms with Crippen molar-refractivity contribution in [3.05, 3.63) is 35.0 Å². The van der Waals surface area contributed by atoms with Crippen LogP contribution in [-0.2, 0) is 0 Å². The Labute approximate surface area is 107 Å². The molecule has 0 aromatic heterocycles. The van der Waals surface area contributed by atoms with E-state index >= 15 is 0 Å². The van der Waals surface area contributed by atoms with E-state index < -0.39 is 8.07 Å². The van der Waals surface area contributed by atoms with Gasteiger partial charge in [-0.1, -0.05) is 69.2 Å². The van der Waals surface area contributed by atoms with Gasteiger partial charge in [0.1, 0.15) is 8.07 Å². The first kappa shape index (κ1) is 12.6. The zero-order chi connectivity index (χ0) is 12.5. The second-order valence-electron chi connectivity index (χ2n) is 5.63. The van der Waals surface area contributed by atoms with Gasteiger partial charge in [0, 0.05) is 0 Å². The molecule has 0 saturated heterocycles. The Hall–Kier alpha value is -0.823. The van der Waals surface area contributed by atoms with E-state index in [2.05, 4.69) is 51.2 Å². The van der Waals surface area contributed by atoms with Crippen LogP contribution in [0.15, 0.2) is 29.5 Å². The average molecular weight is 244 g/mol. The van der Waals surface area contributed by atoms with Crippen LogP contribution in [0, 0.1) is 0 Å². The summed E-state index contributed by atoms with van der Waals surface area (Å²) in [5.41, 5.74) is 3.27. The molecule has 0 amide bonds. The molecule has 1 heteroatoms. The van der Waals surface area contributed by atoms with Crippen LogP contribution in [0.2, 0.25) is 13.1 Å². The highest BCUT2D eigenvalue weighted by atomic mass is 28.3. The standard InChI is InChI=1S/C16H24Si/c1-5-9-13-14-11-7-8-12-16(14)17(3,4)15(13)10-6-2/h7-8,11-12H,5-6,9-10H2,1-4H3. The van der Waals surface area contributed by atoms with Crippen molar-refractivity contribution >= 4 is 18.8 Å². The Morgan fingerprint density at radius 1 is 0.941 bits per heavy atom. The molecule has 17 heavy (non-hydrogen) atoms. The van der Waals surface area contributed by atoms with Crippen molar-refractivity contribution in [3.8, 4) is 0 Å². The molecule has 0 nitrogen and oxygen atoms in total. The van der Waals surface area contributed by atoms with Crippen molar-refractivity contribution in [1.29, 1.82) is 0 Å². The lowest BCUT2D eigenvalue weighted by Gasteiger charge is -2.22. The summed E-state index contributed by atoms with van der Waals surface area (Å²) < 4.78 is 0. The highest BCUT2D eigenvalue weighted by Crippen LogP contribution is 2.38. The Bertz CT molecular complexity index is 441. The first-order chi connectivity index (χ1) is 8.12. The molecule has 0 radical (unpaired) electrons. The first-order valence-electron chi connectivity index (χ1n) is 6.95. The molecule has 1 aromatic carbocycles. The third-order valence-corrected chi connectivity index (χ3v) is 7.89. The first-order valence-corrected chi connectivity index (χ1v) is 9.95. The number of allylic oxidation sites excluding steroid dienone is 2. The van der Waals surface area contributed by atoms with Crippen molar-refractivity contribution in [3.63, 3.8) is 0 Å². The fourth-order valence-corrected chi connectivity index (χ4v) is 6.88. The van der Waals surface area contributed by atoms with Crippen molar-refractivity contribution in [2.45, 2.75) is 52.6 Å². The predicted molar refractivity (Wildman–Crippen MR) is 80.3 cm³/mol. The summed E-state index contributed by atoms with van der Waals surface area (Å²) in [5.74, 6) is 0. The van der Waals surface area contributed by atoms with Crippen LogP contribution in [0.25, 0.3) is 5.57 Å². The maximum absolute atomic E-state index is 2.53. The van der Waals surface area contributed by atoms with E-state index in [1.165, 1.54) is 25.7 Å². The van der Waals surface area contributed by atoms with Crippen molar-refractivity contribution in [1.82, 2.24) is 0 Å². The van der Waals surface area contributed by atoms with E-state index in [1.807, 2.05) is 5.20 Å². The SMILES string of the molecule is CCCC1=C(CCC)[Si](C)(C)c2ccccc21. The largest absolute Gasteiger partial charge is 0.108 e. The zero-order valence-electron chi connectivity index (χ0n) is 11.6. The number of hydrogen-bond acceptors (Lipinski definition) is 0. The molecule has 1 heterocycles. The zero-order valence-corrected chi connectivity index (χ0v) is 12.6. The number of benzene rings is 1. The molecular formula is C16H24Si. The Morgan fingerprint density at radius 2 is 1.59 bits per heavy atom. The van der Waals surface area contributed by atoms with Crippen LogP contribution < -0.4 is 5.19 Å². The van der Waals surface area contributed by atoms with Gasteiger partial charge in [-0.2, -0.15) is 0 Å². The molecule has 0 atom stereocenters. The summed E-state index contributed by atoms with van der Waals surface area (Å²) in [6.07, 6.45) is 5.13. The summed E-state index contributed by atoms with van der Waals surface area (Å²) in [5, 5.41) is 3.50. The average Bonchev–Trinajstić information content (AvgIpc) is 2.52. The molecule has 0 aliphatic carbocycles. The van der Waals surface area contributed by atoms with Crippen LogP contribution in [0.4, 0.5) is 0 Å². The minimum absolute atomic E-state index is 1.27.